The molecule has 0 heterocycles. The highest BCUT2D eigenvalue weighted by atomic mass is 35.5. The molecule has 0 radical (unpaired) electrons. The summed E-state index contributed by atoms with van der Waals surface area (Å²) in [5.74, 6) is 2.16. The van der Waals surface area contributed by atoms with Crippen LogP contribution in [0.15, 0.2) is 59.5 Å². The monoisotopic (exact) mass is 578 g/mol. The highest BCUT2D eigenvalue weighted by Crippen LogP contribution is 2.37. The molecule has 0 spiro atoms. The van der Waals surface area contributed by atoms with E-state index in [0.29, 0.717) is 50.5 Å². The van der Waals surface area contributed by atoms with Gasteiger partial charge in [0, 0.05) is 17.4 Å². The van der Waals surface area contributed by atoms with Gasteiger partial charge in [0.25, 0.3) is 0 Å². The Kier molecular flexibility index (Phi) is 9.88. The minimum absolute atomic E-state index is 0.00464. The zero-order valence-electron chi connectivity index (χ0n) is 20.4. The van der Waals surface area contributed by atoms with E-state index in [2.05, 4.69) is 28.8 Å². The number of allylic oxidation sites excluding steroid dienone is 2. The fourth-order valence-corrected chi connectivity index (χ4v) is 5.46. The Morgan fingerprint density at radius 3 is 2.49 bits per heavy atom. The Morgan fingerprint density at radius 1 is 1.08 bits per heavy atom. The summed E-state index contributed by atoms with van der Waals surface area (Å²) in [4.78, 5) is 17.5. The molecule has 5 nitrogen and oxygen atoms in total. The van der Waals surface area contributed by atoms with E-state index >= 15 is 0 Å². The zero-order valence-corrected chi connectivity index (χ0v) is 23.6. The Balaban J connectivity index is 1.33. The number of halogens is 3. The summed E-state index contributed by atoms with van der Waals surface area (Å²) in [6.45, 7) is 2.14. The molecule has 0 aliphatic heterocycles. The second kappa shape index (κ2) is 13.1. The van der Waals surface area contributed by atoms with Crippen LogP contribution < -0.4 is 9.46 Å². The van der Waals surface area contributed by atoms with Crippen LogP contribution in [-0.2, 0) is 9.63 Å². The fraction of sp³-hybridized carbons (Fsp3) is 0.357. The summed E-state index contributed by atoms with van der Waals surface area (Å²) in [7, 11) is 0. The first kappa shape index (κ1) is 27.9. The van der Waals surface area contributed by atoms with Gasteiger partial charge in [0.2, 0.25) is 5.91 Å². The number of carbonyl (C=O) groups excluding carboxylic acids is 1. The molecule has 0 saturated heterocycles. The molecule has 2 aromatic rings. The Bertz CT molecular complexity index is 1210. The summed E-state index contributed by atoms with van der Waals surface area (Å²) in [5, 5.41) is 5.94. The van der Waals surface area contributed by atoms with E-state index in [1.54, 1.807) is 24.3 Å². The molecule has 0 aromatic heterocycles. The summed E-state index contributed by atoms with van der Waals surface area (Å²) >= 11 is 22.9. The minimum Gasteiger partial charge on any atom is -0.489 e. The summed E-state index contributed by atoms with van der Waals surface area (Å²) in [6.07, 6.45) is 10.9. The molecule has 196 valence electrons. The van der Waals surface area contributed by atoms with Gasteiger partial charge in [-0.1, -0.05) is 71.0 Å². The molecule has 2 unspecified atom stereocenters. The van der Waals surface area contributed by atoms with Crippen molar-refractivity contribution >= 4 is 65.3 Å². The van der Waals surface area contributed by atoms with Crippen LogP contribution in [0.3, 0.4) is 0 Å². The normalized spacial score (nSPS) is 20.4. The third-order valence-electron chi connectivity index (χ3n) is 6.60. The third kappa shape index (κ3) is 7.70. The van der Waals surface area contributed by atoms with E-state index in [4.69, 9.17) is 44.4 Å². The standard InChI is InChI=1S/C28H29Cl3N2O3S/c1-17(27-23(29)3-2-4-24(27)30)32-36-26(20-9-10-20)13-14-35-22-12-11-19(25(31)16-22)7-5-18-6-8-21(15-18)28(34)33-37/h2-5,7,11-13,16,18,20-21,37H,6,8-10,14-15H2,1H3,(H,33,34)/b7-5+,26-13+,32-17+. The Labute approximate surface area is 238 Å². The van der Waals surface area contributed by atoms with E-state index in [1.807, 2.05) is 31.2 Å². The summed E-state index contributed by atoms with van der Waals surface area (Å²) < 4.78 is 8.34. The number of hydrogen-bond acceptors (Lipinski definition) is 5. The number of ether oxygens (including phenoxy) is 1. The van der Waals surface area contributed by atoms with Gasteiger partial charge in [-0.2, -0.15) is 0 Å². The SMILES string of the molecule is C/C(=N\O/C(=C/COc1ccc(/C=C/C2CCC(C(=O)NS)C2)c(Cl)c1)C1CC1)c1c(Cl)cccc1Cl. The Hall–Kier alpha value is -2.12. The first-order valence-electron chi connectivity index (χ1n) is 12.3. The molecule has 37 heavy (non-hydrogen) atoms. The number of rotatable bonds is 10. The number of hydrogen-bond donors (Lipinski definition) is 2. The molecule has 2 aliphatic carbocycles. The molecule has 2 fully saturated rings. The van der Waals surface area contributed by atoms with Crippen molar-refractivity contribution in [2.24, 2.45) is 22.9 Å². The molecule has 4 rings (SSSR count). The largest absolute Gasteiger partial charge is 0.489 e. The van der Waals surface area contributed by atoms with Crippen molar-refractivity contribution in [3.8, 4) is 5.75 Å². The molecule has 1 amide bonds. The van der Waals surface area contributed by atoms with Crippen LogP contribution in [0, 0.1) is 17.8 Å². The van der Waals surface area contributed by atoms with Crippen LogP contribution in [0.5, 0.6) is 5.75 Å². The molecular weight excluding hydrogens is 551 g/mol. The number of amides is 1. The number of carbonyl (C=O) groups is 1. The van der Waals surface area contributed by atoms with Gasteiger partial charge < -0.3 is 14.3 Å². The number of oxime groups is 1. The molecule has 2 aliphatic rings. The molecular formula is C28H29Cl3N2O3S. The van der Waals surface area contributed by atoms with Crippen molar-refractivity contribution in [2.45, 2.75) is 39.0 Å². The number of benzene rings is 2. The second-order valence-corrected chi connectivity index (χ2v) is 10.8. The van der Waals surface area contributed by atoms with Gasteiger partial charge in [0.05, 0.1) is 20.8 Å². The van der Waals surface area contributed by atoms with Crippen molar-refractivity contribution in [1.29, 1.82) is 0 Å². The van der Waals surface area contributed by atoms with Crippen LogP contribution in [0.25, 0.3) is 6.08 Å². The molecule has 2 saturated carbocycles. The van der Waals surface area contributed by atoms with Gasteiger partial charge in [-0.15, -0.1) is 0 Å². The smallest absolute Gasteiger partial charge is 0.232 e. The van der Waals surface area contributed by atoms with Gasteiger partial charge in [-0.25, -0.2) is 0 Å². The average molecular weight is 580 g/mol. The lowest BCUT2D eigenvalue weighted by atomic mass is 10.0. The quantitative estimate of drug-likeness (QED) is 0.129. The first-order valence-corrected chi connectivity index (χ1v) is 13.8. The zero-order chi connectivity index (χ0) is 26.4. The van der Waals surface area contributed by atoms with Crippen LogP contribution >= 0.6 is 47.6 Å². The molecule has 2 atom stereocenters. The maximum Gasteiger partial charge on any atom is 0.232 e. The number of nitrogens with one attached hydrogen (secondary N) is 1. The number of thiol groups is 1. The number of nitrogens with zero attached hydrogens (tertiary/aromatic N) is 1. The van der Waals surface area contributed by atoms with Crippen molar-refractivity contribution in [3.05, 3.63) is 80.5 Å². The molecule has 1 N–H and O–H groups in total. The van der Waals surface area contributed by atoms with Crippen LogP contribution in [0.2, 0.25) is 15.1 Å². The predicted octanol–water partition coefficient (Wildman–Crippen LogP) is 8.15. The first-order chi connectivity index (χ1) is 17.9. The Morgan fingerprint density at radius 2 is 1.81 bits per heavy atom. The topological polar surface area (TPSA) is 59.9 Å². The van der Waals surface area contributed by atoms with Gasteiger partial charge in [0.15, 0.2) is 0 Å². The average Bonchev–Trinajstić information content (AvgIpc) is 3.61. The lowest BCUT2D eigenvalue weighted by molar-refractivity contribution is -0.122. The van der Waals surface area contributed by atoms with Gasteiger partial charge in [-0.3, -0.25) is 4.79 Å². The minimum atomic E-state index is -0.00464. The van der Waals surface area contributed by atoms with Crippen LogP contribution in [0.4, 0.5) is 0 Å². The van der Waals surface area contributed by atoms with Gasteiger partial charge in [-0.05, 0) is 86.9 Å². The van der Waals surface area contributed by atoms with Crippen LogP contribution in [0.1, 0.15) is 50.2 Å². The molecule has 2 aromatic carbocycles. The highest BCUT2D eigenvalue weighted by Gasteiger charge is 2.29. The summed E-state index contributed by atoms with van der Waals surface area (Å²) in [5.41, 5.74) is 2.19. The van der Waals surface area contributed by atoms with E-state index in [-0.39, 0.29) is 11.8 Å². The van der Waals surface area contributed by atoms with Gasteiger partial charge >= 0.3 is 0 Å². The fourth-order valence-electron chi connectivity index (χ4n) is 4.37. The van der Waals surface area contributed by atoms with E-state index < -0.39 is 0 Å². The maximum absolute atomic E-state index is 11.8. The third-order valence-corrected chi connectivity index (χ3v) is 7.78. The predicted molar refractivity (Wildman–Crippen MR) is 155 cm³/mol. The summed E-state index contributed by atoms with van der Waals surface area (Å²) in [6, 6.07) is 11.0. The lowest BCUT2D eigenvalue weighted by Crippen LogP contribution is -2.21. The maximum atomic E-state index is 11.8. The van der Waals surface area contributed by atoms with Crippen molar-refractivity contribution in [1.82, 2.24) is 4.72 Å². The van der Waals surface area contributed by atoms with Crippen LogP contribution in [-0.4, -0.2) is 18.2 Å². The van der Waals surface area contributed by atoms with Crippen molar-refractivity contribution in [2.75, 3.05) is 6.61 Å². The molecule has 9 heteroatoms. The molecule has 0 bridgehead atoms. The van der Waals surface area contributed by atoms with Gasteiger partial charge in [0.1, 0.15) is 18.1 Å². The van der Waals surface area contributed by atoms with E-state index in [1.165, 1.54) is 0 Å². The highest BCUT2D eigenvalue weighted by molar-refractivity contribution is 7.78. The van der Waals surface area contributed by atoms with Crippen molar-refractivity contribution in [3.63, 3.8) is 0 Å². The van der Waals surface area contributed by atoms with E-state index in [0.717, 1.165) is 43.4 Å². The van der Waals surface area contributed by atoms with Crippen molar-refractivity contribution < 1.29 is 14.4 Å². The second-order valence-electron chi connectivity index (χ2n) is 9.34. The lowest BCUT2D eigenvalue weighted by Gasteiger charge is -2.09. The van der Waals surface area contributed by atoms with E-state index in [9.17, 15) is 4.79 Å².